The molecule has 2 N–H and O–H groups in total. The molecule has 0 aromatic heterocycles. The van der Waals surface area contributed by atoms with E-state index in [1.54, 1.807) is 5.32 Å². The lowest BCUT2D eigenvalue weighted by Crippen LogP contribution is -2.38. The molecule has 0 spiro atoms. The van der Waals surface area contributed by atoms with E-state index in [2.05, 4.69) is 10.1 Å². The zero-order chi connectivity index (χ0) is 31.1. The normalized spacial score (nSPS) is 15.5. The van der Waals surface area contributed by atoms with E-state index in [0.29, 0.717) is 0 Å². The Morgan fingerprint density at radius 3 is 1.95 bits per heavy atom. The molecule has 1 aliphatic heterocycles. The van der Waals surface area contributed by atoms with Crippen LogP contribution in [0.2, 0.25) is 0 Å². The van der Waals surface area contributed by atoms with Crippen molar-refractivity contribution < 1.29 is 68.5 Å². The van der Waals surface area contributed by atoms with E-state index in [4.69, 9.17) is 14.2 Å². The number of methoxy groups -OCH3 is 1. The fraction of sp³-hybridized carbons (Fsp3) is 0.458. The fourth-order valence-electron chi connectivity index (χ4n) is 3.74. The number of allylic oxidation sites excluding steroid dienone is 1. The summed E-state index contributed by atoms with van der Waals surface area (Å²) in [5, 5.41) is 4.20. The van der Waals surface area contributed by atoms with Crippen LogP contribution in [0.4, 0.5) is 35.1 Å². The number of carbonyl (C=O) groups is 3. The van der Waals surface area contributed by atoms with Gasteiger partial charge in [0.25, 0.3) is 0 Å². The number of dihydropyridines is 1. The smallest absolute Gasteiger partial charge is 0.466 e. The number of carbonyl (C=O) groups excluding carboxylic acids is 3. The van der Waals surface area contributed by atoms with Gasteiger partial charge in [-0.15, -0.1) is 0 Å². The average Bonchev–Trinajstić information content (AvgIpc) is 2.91. The van der Waals surface area contributed by atoms with Gasteiger partial charge in [-0.3, -0.25) is 4.79 Å². The number of esters is 2. The van der Waals surface area contributed by atoms with Crippen molar-refractivity contribution in [3.05, 3.63) is 57.2 Å². The molecule has 0 saturated heterocycles. The highest BCUT2D eigenvalue weighted by molar-refractivity contribution is 6.00. The van der Waals surface area contributed by atoms with Crippen LogP contribution in [0.15, 0.2) is 22.5 Å². The van der Waals surface area contributed by atoms with Crippen molar-refractivity contribution in [3.63, 3.8) is 0 Å². The zero-order valence-electron chi connectivity index (χ0n) is 21.7. The van der Waals surface area contributed by atoms with Crippen LogP contribution in [0.25, 0.3) is 0 Å². The minimum atomic E-state index is -5.06. The minimum absolute atomic E-state index is 0.172. The van der Waals surface area contributed by atoms with Crippen molar-refractivity contribution in [2.45, 2.75) is 25.9 Å². The number of benzene rings is 1. The molecule has 0 unspecified atom stereocenters. The molecule has 1 aromatic carbocycles. The SMILES string of the molecule is CCOC(=O)C1=C(COCCOCCNC(=O)C(F)(F)F)NC(C)=C(C(=O)OC)[C@H]1c1c(F)c(F)c(F)c(F)c1F. The molecule has 1 atom stereocenters. The number of hydrogen-bond acceptors (Lipinski definition) is 8. The van der Waals surface area contributed by atoms with Gasteiger partial charge in [-0.05, 0) is 13.8 Å². The summed E-state index contributed by atoms with van der Waals surface area (Å²) < 4.78 is 128. The Morgan fingerprint density at radius 1 is 0.854 bits per heavy atom. The Morgan fingerprint density at radius 2 is 1.41 bits per heavy atom. The quantitative estimate of drug-likeness (QED) is 0.123. The van der Waals surface area contributed by atoms with Crippen molar-refractivity contribution in [1.82, 2.24) is 10.6 Å². The van der Waals surface area contributed by atoms with Gasteiger partial charge in [-0.2, -0.15) is 13.2 Å². The van der Waals surface area contributed by atoms with Crippen LogP contribution in [0.1, 0.15) is 25.3 Å². The van der Waals surface area contributed by atoms with Gasteiger partial charge in [-0.1, -0.05) is 0 Å². The molecule has 1 aliphatic rings. The number of rotatable bonds is 12. The first-order chi connectivity index (χ1) is 19.2. The van der Waals surface area contributed by atoms with Gasteiger partial charge in [0.05, 0.1) is 62.9 Å². The van der Waals surface area contributed by atoms with Gasteiger partial charge in [0.1, 0.15) is 0 Å². The van der Waals surface area contributed by atoms with Crippen LogP contribution >= 0.6 is 0 Å². The maximum atomic E-state index is 14.9. The van der Waals surface area contributed by atoms with E-state index >= 15 is 0 Å². The van der Waals surface area contributed by atoms with Gasteiger partial charge in [0.15, 0.2) is 23.3 Å². The molecule has 0 saturated carbocycles. The third kappa shape index (κ3) is 7.72. The van der Waals surface area contributed by atoms with E-state index in [-0.39, 0.29) is 37.8 Å². The van der Waals surface area contributed by atoms with Crippen LogP contribution in [0, 0.1) is 29.1 Å². The Bertz CT molecular complexity index is 1220. The van der Waals surface area contributed by atoms with Crippen LogP contribution in [-0.2, 0) is 33.3 Å². The average molecular weight is 604 g/mol. The maximum absolute atomic E-state index is 14.9. The monoisotopic (exact) mass is 604 g/mol. The van der Waals surface area contributed by atoms with E-state index < -0.39 is 88.9 Å². The predicted molar refractivity (Wildman–Crippen MR) is 121 cm³/mol. The number of nitrogens with one attached hydrogen (secondary N) is 2. The third-order valence-corrected chi connectivity index (χ3v) is 5.49. The fourth-order valence-corrected chi connectivity index (χ4v) is 3.74. The molecule has 1 amide bonds. The lowest BCUT2D eigenvalue weighted by Gasteiger charge is -2.31. The molecule has 0 bridgehead atoms. The van der Waals surface area contributed by atoms with Crippen LogP contribution < -0.4 is 10.6 Å². The van der Waals surface area contributed by atoms with Gasteiger partial charge in [-0.25, -0.2) is 31.5 Å². The molecule has 2 rings (SSSR count). The molecule has 228 valence electrons. The van der Waals surface area contributed by atoms with Gasteiger partial charge < -0.3 is 29.6 Å². The molecule has 41 heavy (non-hydrogen) atoms. The van der Waals surface area contributed by atoms with E-state index in [9.17, 15) is 49.5 Å². The highest BCUT2D eigenvalue weighted by Gasteiger charge is 2.44. The summed E-state index contributed by atoms with van der Waals surface area (Å²) in [6.07, 6.45) is -5.06. The summed E-state index contributed by atoms with van der Waals surface area (Å²) in [5.41, 5.74) is -3.30. The molecule has 0 aliphatic carbocycles. The summed E-state index contributed by atoms with van der Waals surface area (Å²) >= 11 is 0. The molecular weight excluding hydrogens is 580 g/mol. The van der Waals surface area contributed by atoms with E-state index in [1.165, 1.54) is 13.8 Å². The molecule has 9 nitrogen and oxygen atoms in total. The molecule has 0 radical (unpaired) electrons. The van der Waals surface area contributed by atoms with Gasteiger partial charge in [0, 0.05) is 17.8 Å². The van der Waals surface area contributed by atoms with Crippen molar-refractivity contribution in [2.75, 3.05) is 46.7 Å². The van der Waals surface area contributed by atoms with Gasteiger partial charge >= 0.3 is 24.0 Å². The first-order valence-electron chi connectivity index (χ1n) is 11.7. The second-order valence-electron chi connectivity index (χ2n) is 8.10. The number of alkyl halides is 3. The van der Waals surface area contributed by atoms with Crippen molar-refractivity contribution in [3.8, 4) is 0 Å². The molecule has 17 heteroatoms. The first kappa shape index (κ1) is 33.5. The summed E-state index contributed by atoms with van der Waals surface area (Å²) in [6, 6.07) is 0. The number of halogens is 8. The van der Waals surface area contributed by atoms with Crippen LogP contribution in [-0.4, -0.2) is 70.7 Å². The third-order valence-electron chi connectivity index (χ3n) is 5.49. The number of ether oxygens (including phenoxy) is 4. The van der Waals surface area contributed by atoms with Crippen molar-refractivity contribution in [2.24, 2.45) is 0 Å². The highest BCUT2D eigenvalue weighted by atomic mass is 19.4. The van der Waals surface area contributed by atoms with E-state index in [1.807, 2.05) is 0 Å². The van der Waals surface area contributed by atoms with Crippen molar-refractivity contribution in [1.29, 1.82) is 0 Å². The summed E-state index contributed by atoms with van der Waals surface area (Å²) in [7, 11) is 0.888. The molecular formula is C24H24F8N2O7. The Balaban J connectivity index is 2.38. The minimum Gasteiger partial charge on any atom is -0.466 e. The number of hydrogen-bond donors (Lipinski definition) is 2. The van der Waals surface area contributed by atoms with E-state index in [0.717, 1.165) is 7.11 Å². The molecule has 1 aromatic rings. The lowest BCUT2D eigenvalue weighted by molar-refractivity contribution is -0.173. The Kier molecular flexibility index (Phi) is 11.6. The summed E-state index contributed by atoms with van der Waals surface area (Å²) in [6.45, 7) is 0.437. The van der Waals surface area contributed by atoms with Crippen LogP contribution in [0.3, 0.4) is 0 Å². The largest absolute Gasteiger partial charge is 0.471 e. The lowest BCUT2D eigenvalue weighted by atomic mass is 9.79. The summed E-state index contributed by atoms with van der Waals surface area (Å²) in [4.78, 5) is 36.3. The summed E-state index contributed by atoms with van der Waals surface area (Å²) in [5.74, 6) is -18.5. The Hall–Kier alpha value is -3.73. The standard InChI is InChI=1S/C24H24F8N2O7/c1-4-41-22(36)13-11(9-40-8-7-39-6-5-33-23(37)24(30,31)32)34-10(2)12(21(35)38-3)14(13)15-16(25)18(27)20(29)19(28)17(15)26/h14,34H,4-9H2,1-3H3,(H,33,37)/t14-/m1/s1. The zero-order valence-corrected chi connectivity index (χ0v) is 21.7. The maximum Gasteiger partial charge on any atom is 0.471 e. The second-order valence-corrected chi connectivity index (χ2v) is 8.10. The predicted octanol–water partition coefficient (Wildman–Crippen LogP) is 3.04. The second kappa shape index (κ2) is 14.2. The van der Waals surface area contributed by atoms with Crippen LogP contribution in [0.5, 0.6) is 0 Å². The first-order valence-corrected chi connectivity index (χ1v) is 11.7. The number of amides is 1. The molecule has 0 fully saturated rings. The van der Waals surface area contributed by atoms with Crippen molar-refractivity contribution >= 4 is 17.8 Å². The topological polar surface area (TPSA) is 112 Å². The molecule has 1 heterocycles. The highest BCUT2D eigenvalue weighted by Crippen LogP contribution is 2.43. The Labute approximate surface area is 227 Å². The van der Waals surface area contributed by atoms with Gasteiger partial charge in [0.2, 0.25) is 5.82 Å².